The molecule has 5 rings (SSSR count). The van der Waals surface area contributed by atoms with Gasteiger partial charge in [0.15, 0.2) is 6.10 Å². The molecule has 1 aliphatic heterocycles. The molecule has 1 saturated heterocycles. The molecule has 3 aromatic carbocycles. The second kappa shape index (κ2) is 38.9. The third-order valence-electron chi connectivity index (χ3n) is 17.6. The number of anilines is 1. The summed E-state index contributed by atoms with van der Waals surface area (Å²) in [4.78, 5) is 129. The number of urea groups is 1. The molecule has 0 saturated carbocycles. The van der Waals surface area contributed by atoms with Crippen LogP contribution in [0.1, 0.15) is 185 Å². The van der Waals surface area contributed by atoms with E-state index in [2.05, 4.69) is 43.5 Å². The number of aromatic nitrogens is 1. The number of benzene rings is 3. The summed E-state index contributed by atoms with van der Waals surface area (Å²) >= 11 is 1.09. The maximum atomic E-state index is 15.1. The smallest absolute Gasteiger partial charge is 0.407 e. The quantitative estimate of drug-likeness (QED) is 0.0150. The number of sulfonamides is 1. The molecule has 0 unspecified atom stereocenters. The average Bonchev–Trinajstić information content (AvgIpc) is 1.10. The van der Waals surface area contributed by atoms with Gasteiger partial charge in [-0.15, -0.1) is 11.3 Å². The van der Waals surface area contributed by atoms with Gasteiger partial charge in [-0.25, -0.2) is 32.1 Å². The number of unbranched alkanes of at least 4 members (excludes halogenated alkanes) is 3. The summed E-state index contributed by atoms with van der Waals surface area (Å²) in [6, 6.07) is 12.4. The van der Waals surface area contributed by atoms with Crippen LogP contribution in [0, 0.1) is 29.0 Å². The molecule has 9 amide bonds. The lowest BCUT2D eigenvalue weighted by molar-refractivity contribution is -0.150. The van der Waals surface area contributed by atoms with Crippen molar-refractivity contribution in [1.29, 1.82) is 0 Å². The van der Waals surface area contributed by atoms with Crippen molar-refractivity contribution in [3.63, 3.8) is 0 Å². The largest absolute Gasteiger partial charge is 0.455 e. The molecule has 1 fully saturated rings. The van der Waals surface area contributed by atoms with E-state index in [1.807, 2.05) is 44.5 Å². The highest BCUT2D eigenvalue weighted by atomic mass is 32.2. The fourth-order valence-corrected chi connectivity index (χ4v) is 13.4. The average molecular weight is 1400 g/mol. The zero-order valence-electron chi connectivity index (χ0n) is 58.5. The number of likely N-dealkylation sites (N-methyl/N-ethyl adjacent to an activating group) is 1. The van der Waals surface area contributed by atoms with Crippen LogP contribution < -0.4 is 48.1 Å². The topological polar surface area (TPSA) is 362 Å². The molecule has 11 N–H and O–H groups in total. The molecule has 2 heterocycles. The molecular formula is C70H103FN12O13S2. The van der Waals surface area contributed by atoms with Gasteiger partial charge in [-0.05, 0) is 129 Å². The standard InChI is InChI=1S/C70H103FN12O13S2/c1-12-14-15-17-36-83(66(89)60(45(7)13-2)80-63(87)56-21-16-18-35-82(56)11)57(43(3)4)38-58(96-46(8)84)65-79-55(42-97-65)62(86)77-52(37-47-22-28-50(71)29-23-47)39-70(9,10)67(90)81-98(93,94)53-32-26-48(27-33-53)40-75-69(92)95-41-49-24-30-51(31-25-49)76-61(85)54(20-19-34-74-68(73)91)78-64(88)59(72)44(5)6/h22-33,42-45,52,54,56-60H,12-21,34-41,72H2,1-11H3,(H,75,92)(H,76,85)(H,77,86)(H,78,88)(H,80,87)(H,81,90)(H3,73,74,91)/t45-,52-,54-,56+,57+,58+,59-,60-/m0/s1. The van der Waals surface area contributed by atoms with Crippen LogP contribution in [0.5, 0.6) is 0 Å². The molecule has 8 atom stereocenters. The van der Waals surface area contributed by atoms with Crippen molar-refractivity contribution in [3.05, 3.63) is 111 Å². The normalized spacial score (nSPS) is 15.6. The first-order valence-electron chi connectivity index (χ1n) is 33.9. The fourth-order valence-electron chi connectivity index (χ4n) is 11.4. The van der Waals surface area contributed by atoms with Crippen molar-refractivity contribution in [2.45, 2.75) is 213 Å². The van der Waals surface area contributed by atoms with Crippen LogP contribution in [0.25, 0.3) is 0 Å². The van der Waals surface area contributed by atoms with Crippen LogP contribution in [-0.4, -0.2) is 140 Å². The van der Waals surface area contributed by atoms with E-state index in [1.165, 1.54) is 74.7 Å². The Kier molecular flexibility index (Phi) is 32.0. The number of amides is 9. The Morgan fingerprint density at radius 3 is 2.09 bits per heavy atom. The minimum absolute atomic E-state index is 0.0329. The van der Waals surface area contributed by atoms with Crippen LogP contribution >= 0.6 is 11.3 Å². The molecule has 1 aromatic heterocycles. The molecule has 0 aliphatic carbocycles. The van der Waals surface area contributed by atoms with Crippen molar-refractivity contribution in [2.24, 2.45) is 34.6 Å². The fraction of sp³-hybridized carbons (Fsp3) is 0.571. The molecule has 0 bridgehead atoms. The number of esters is 1. The van der Waals surface area contributed by atoms with E-state index >= 15 is 4.79 Å². The molecule has 98 heavy (non-hydrogen) atoms. The van der Waals surface area contributed by atoms with Crippen LogP contribution in [0.4, 0.5) is 19.7 Å². The summed E-state index contributed by atoms with van der Waals surface area (Å²) in [6.07, 6.45) is 5.63. The molecule has 28 heteroatoms. The van der Waals surface area contributed by atoms with Crippen molar-refractivity contribution in [2.75, 3.05) is 32.0 Å². The second-order valence-corrected chi connectivity index (χ2v) is 29.3. The lowest BCUT2D eigenvalue weighted by Crippen LogP contribution is -2.59. The predicted molar refractivity (Wildman–Crippen MR) is 373 cm³/mol. The van der Waals surface area contributed by atoms with E-state index in [4.69, 9.17) is 25.9 Å². The molecule has 540 valence electrons. The Morgan fingerprint density at radius 1 is 0.816 bits per heavy atom. The van der Waals surface area contributed by atoms with Crippen molar-refractivity contribution in [3.8, 4) is 0 Å². The van der Waals surface area contributed by atoms with E-state index in [0.29, 0.717) is 59.6 Å². The van der Waals surface area contributed by atoms with Crippen LogP contribution in [0.15, 0.2) is 83.1 Å². The van der Waals surface area contributed by atoms with Gasteiger partial charge in [0, 0.05) is 61.5 Å². The zero-order chi connectivity index (χ0) is 72.4. The van der Waals surface area contributed by atoms with E-state index in [1.54, 1.807) is 38.1 Å². The first kappa shape index (κ1) is 80.6. The molecule has 25 nitrogen and oxygen atoms in total. The third kappa shape index (κ3) is 25.7. The number of carbonyl (C=O) groups is 9. The van der Waals surface area contributed by atoms with E-state index < -0.39 is 99.3 Å². The Balaban J connectivity index is 1.23. The number of nitrogens with one attached hydrogen (secondary N) is 7. The van der Waals surface area contributed by atoms with E-state index in [0.717, 1.165) is 50.0 Å². The summed E-state index contributed by atoms with van der Waals surface area (Å²) in [7, 11) is -2.55. The number of halogens is 1. The first-order chi connectivity index (χ1) is 46.3. The molecule has 4 aromatic rings. The van der Waals surface area contributed by atoms with Crippen LogP contribution in [0.3, 0.4) is 0 Å². The number of ether oxygens (including phenoxy) is 2. The number of nitrogens with two attached hydrogens (primary N) is 2. The Hall–Kier alpha value is -8.08. The van der Waals surface area contributed by atoms with Gasteiger partial charge in [0.1, 0.15) is 35.2 Å². The summed E-state index contributed by atoms with van der Waals surface area (Å²) in [5.41, 5.74) is 11.7. The minimum Gasteiger partial charge on any atom is -0.455 e. The number of likely N-dealkylation sites (tertiary alicyclic amines) is 1. The highest BCUT2D eigenvalue weighted by Crippen LogP contribution is 2.33. The third-order valence-corrected chi connectivity index (χ3v) is 19.8. The molecule has 1 aliphatic rings. The number of hydrogen-bond acceptors (Lipinski definition) is 17. The number of piperidine rings is 1. The van der Waals surface area contributed by atoms with Gasteiger partial charge in [0.05, 0.1) is 17.0 Å². The van der Waals surface area contributed by atoms with Gasteiger partial charge >= 0.3 is 18.1 Å². The zero-order valence-corrected chi connectivity index (χ0v) is 60.1. The van der Waals surface area contributed by atoms with Gasteiger partial charge in [-0.2, -0.15) is 0 Å². The number of thiazole rings is 1. The number of primary amides is 1. The van der Waals surface area contributed by atoms with Crippen LogP contribution in [0.2, 0.25) is 0 Å². The van der Waals surface area contributed by atoms with Gasteiger partial charge in [0.2, 0.25) is 29.5 Å². The second-order valence-electron chi connectivity index (χ2n) is 26.7. The van der Waals surface area contributed by atoms with Gasteiger partial charge in [-0.1, -0.05) is 131 Å². The molecule has 0 spiro atoms. The Labute approximate surface area is 580 Å². The highest BCUT2D eigenvalue weighted by molar-refractivity contribution is 7.90. The number of carbonyl (C=O) groups excluding carboxylic acids is 9. The SMILES string of the molecule is CCCCCCN(C(=O)[C@@H](NC(=O)[C@H]1CCCCN1C)[C@@H](C)CC)[C@H](C[C@@H](OC(C)=O)c1nc(C(=O)N[C@@H](Cc2ccc(F)cc2)CC(C)(C)C(=O)NS(=O)(=O)c2ccc(CNC(=O)OCc3ccc(NC(=O)[C@H](CCCNC(N)=O)NC(=O)[C@@H](N)C(C)C)cc3)cc2)cs1)C(C)C. The lowest BCUT2D eigenvalue weighted by atomic mass is 9.83. The molecule has 0 radical (unpaired) electrons. The maximum absolute atomic E-state index is 15.1. The van der Waals surface area contributed by atoms with Crippen LogP contribution in [-0.2, 0) is 67.8 Å². The highest BCUT2D eigenvalue weighted by Gasteiger charge is 2.40. The summed E-state index contributed by atoms with van der Waals surface area (Å²) < 4.78 is 55.3. The predicted octanol–water partition coefficient (Wildman–Crippen LogP) is 8.27. The van der Waals surface area contributed by atoms with Gasteiger partial charge in [-0.3, -0.25) is 38.5 Å². The minimum atomic E-state index is -4.48. The Bertz CT molecular complexity index is 3410. The van der Waals surface area contributed by atoms with E-state index in [-0.39, 0.29) is 91.6 Å². The summed E-state index contributed by atoms with van der Waals surface area (Å²) in [5.74, 6) is -4.58. The number of rotatable bonds is 38. The number of nitrogens with zero attached hydrogens (tertiary/aromatic N) is 3. The number of hydrogen-bond donors (Lipinski definition) is 9. The molecular weight excluding hydrogens is 1300 g/mol. The Morgan fingerprint density at radius 2 is 1.48 bits per heavy atom. The van der Waals surface area contributed by atoms with Gasteiger partial charge in [0.25, 0.3) is 15.9 Å². The van der Waals surface area contributed by atoms with Crippen molar-refractivity contribution < 1.29 is 65.4 Å². The van der Waals surface area contributed by atoms with Gasteiger partial charge < -0.3 is 57.7 Å². The summed E-state index contributed by atoms with van der Waals surface area (Å²) in [6.45, 7) is 19.1. The van der Waals surface area contributed by atoms with E-state index in [9.17, 15) is 51.2 Å². The van der Waals surface area contributed by atoms with Crippen molar-refractivity contribution in [1.82, 2.24) is 46.1 Å². The first-order valence-corrected chi connectivity index (χ1v) is 36.2. The number of alkyl carbamates (subject to hydrolysis) is 1. The lowest BCUT2D eigenvalue weighted by Gasteiger charge is -2.40. The van der Waals surface area contributed by atoms with Crippen molar-refractivity contribution >= 4 is 80.6 Å². The maximum Gasteiger partial charge on any atom is 0.407 e. The monoisotopic (exact) mass is 1400 g/mol. The summed E-state index contributed by atoms with van der Waals surface area (Å²) in [5, 5.41) is 18.4.